The lowest BCUT2D eigenvalue weighted by molar-refractivity contribution is -0.253. The summed E-state index contributed by atoms with van der Waals surface area (Å²) in [6, 6.07) is 30.9. The van der Waals surface area contributed by atoms with Crippen molar-refractivity contribution in [1.82, 2.24) is 10.2 Å². The van der Waals surface area contributed by atoms with E-state index in [1.165, 1.54) is 0 Å². The van der Waals surface area contributed by atoms with E-state index in [0.29, 0.717) is 56.6 Å². The topological polar surface area (TPSA) is 152 Å². The third-order valence-electron chi connectivity index (χ3n) is 10.3. The Bertz CT molecular complexity index is 1980. The van der Waals surface area contributed by atoms with Crippen molar-refractivity contribution in [2.45, 2.75) is 109 Å². The molecule has 0 aromatic heterocycles. The number of anilines is 2. The van der Waals surface area contributed by atoms with E-state index in [1.807, 2.05) is 93.6 Å². The van der Waals surface area contributed by atoms with Gasteiger partial charge in [0, 0.05) is 37.9 Å². The molecule has 2 fully saturated rings. The maximum Gasteiger partial charge on any atom is 0.323 e. The smallest absolute Gasteiger partial charge is 0.323 e. The van der Waals surface area contributed by atoms with Crippen molar-refractivity contribution in [2.75, 3.05) is 24.1 Å². The molecular weight excluding hydrogens is 721 g/mol. The number of benzene rings is 4. The van der Waals surface area contributed by atoms with Crippen LogP contribution in [0.2, 0.25) is 0 Å². The SMILES string of the molecule is CC(C)(C)OC(=O)[C@@H]1CCCN1C[C@H]1C[C@@H](c2ccc(CO)cc2)O[C@@H](c2cccc(-c3cccc(CNC(=O)CCCCC(=O)Nc4ccccc4N)c3)c2)O1. The number of carbonyl (C=O) groups is 3. The van der Waals surface area contributed by atoms with E-state index in [9.17, 15) is 19.5 Å². The largest absolute Gasteiger partial charge is 0.459 e. The highest BCUT2D eigenvalue weighted by molar-refractivity contribution is 5.93. The molecule has 5 N–H and O–H groups in total. The lowest BCUT2D eigenvalue weighted by Gasteiger charge is -2.38. The first-order valence-electron chi connectivity index (χ1n) is 20.0. The van der Waals surface area contributed by atoms with Gasteiger partial charge in [0.05, 0.1) is 30.2 Å². The molecular formula is C46H56N4O7. The van der Waals surface area contributed by atoms with E-state index >= 15 is 0 Å². The van der Waals surface area contributed by atoms with E-state index in [-0.39, 0.29) is 42.6 Å². The molecule has 0 spiro atoms. The first-order valence-corrected chi connectivity index (χ1v) is 20.0. The summed E-state index contributed by atoms with van der Waals surface area (Å²) in [4.78, 5) is 40.3. The third kappa shape index (κ3) is 12.0. The molecule has 0 radical (unpaired) electrons. The number of nitrogen functional groups attached to an aromatic ring is 1. The molecule has 2 aliphatic heterocycles. The Morgan fingerprint density at radius 3 is 2.30 bits per heavy atom. The van der Waals surface area contributed by atoms with Crippen molar-refractivity contribution in [3.63, 3.8) is 0 Å². The van der Waals surface area contributed by atoms with Crippen molar-refractivity contribution < 1.29 is 33.7 Å². The number of esters is 1. The normalized spacial score (nSPS) is 19.9. The Kier molecular flexibility index (Phi) is 14.1. The summed E-state index contributed by atoms with van der Waals surface area (Å²) in [5, 5.41) is 15.5. The number of amides is 2. The van der Waals surface area contributed by atoms with Crippen LogP contribution in [0, 0.1) is 0 Å². The molecule has 0 unspecified atom stereocenters. The number of nitrogens with zero attached hydrogens (tertiary/aromatic N) is 1. The van der Waals surface area contributed by atoms with Gasteiger partial charge >= 0.3 is 5.97 Å². The monoisotopic (exact) mass is 776 g/mol. The Morgan fingerprint density at radius 1 is 0.842 bits per heavy atom. The number of ether oxygens (including phenoxy) is 3. The lowest BCUT2D eigenvalue weighted by atomic mass is 9.98. The second-order valence-electron chi connectivity index (χ2n) is 16.0. The molecule has 4 atom stereocenters. The maximum atomic E-state index is 13.2. The second kappa shape index (κ2) is 19.4. The fourth-order valence-electron chi connectivity index (χ4n) is 7.39. The van der Waals surface area contributed by atoms with Gasteiger partial charge in [0.15, 0.2) is 6.29 Å². The minimum atomic E-state index is -0.654. The summed E-state index contributed by atoms with van der Waals surface area (Å²) in [5.41, 5.74) is 12.1. The zero-order valence-corrected chi connectivity index (χ0v) is 33.2. The number of aliphatic hydroxyl groups excluding tert-OH is 1. The predicted molar refractivity (Wildman–Crippen MR) is 221 cm³/mol. The van der Waals surface area contributed by atoms with Crippen LogP contribution in [-0.4, -0.2) is 58.6 Å². The molecule has 0 aliphatic carbocycles. The first kappa shape index (κ1) is 41.6. The Hall–Kier alpha value is -5.07. The van der Waals surface area contributed by atoms with E-state index < -0.39 is 11.9 Å². The number of hydrogen-bond donors (Lipinski definition) is 4. The number of para-hydroxylation sites is 2. The molecule has 2 aliphatic rings. The lowest BCUT2D eigenvalue weighted by Crippen LogP contribution is -2.45. The van der Waals surface area contributed by atoms with Crippen LogP contribution in [-0.2, 0) is 41.7 Å². The van der Waals surface area contributed by atoms with Crippen LogP contribution in [0.4, 0.5) is 11.4 Å². The quantitative estimate of drug-likeness (QED) is 0.0544. The minimum absolute atomic E-state index is 0.0322. The van der Waals surface area contributed by atoms with Gasteiger partial charge in [-0.1, -0.05) is 72.8 Å². The van der Waals surface area contributed by atoms with Gasteiger partial charge in [-0.15, -0.1) is 0 Å². The Labute approximate surface area is 335 Å². The van der Waals surface area contributed by atoms with Crippen LogP contribution in [0.25, 0.3) is 11.1 Å². The number of rotatable bonds is 15. The zero-order chi connectivity index (χ0) is 40.4. The highest BCUT2D eigenvalue weighted by Crippen LogP contribution is 2.40. The van der Waals surface area contributed by atoms with Crippen LogP contribution >= 0.6 is 0 Å². The van der Waals surface area contributed by atoms with Crippen LogP contribution in [0.1, 0.15) is 100 Å². The molecule has 4 aromatic rings. The number of nitrogens with two attached hydrogens (primary N) is 1. The van der Waals surface area contributed by atoms with Crippen LogP contribution in [0.15, 0.2) is 97.1 Å². The highest BCUT2D eigenvalue weighted by Gasteiger charge is 2.39. The minimum Gasteiger partial charge on any atom is -0.459 e. The molecule has 0 saturated carbocycles. The summed E-state index contributed by atoms with van der Waals surface area (Å²) in [6.45, 7) is 7.40. The fourth-order valence-corrected chi connectivity index (χ4v) is 7.39. The van der Waals surface area contributed by atoms with Gasteiger partial charge in [0.2, 0.25) is 11.8 Å². The van der Waals surface area contributed by atoms with Gasteiger partial charge in [0.25, 0.3) is 0 Å². The van der Waals surface area contributed by atoms with Gasteiger partial charge in [-0.3, -0.25) is 19.3 Å². The summed E-state index contributed by atoms with van der Waals surface area (Å²) in [7, 11) is 0. The zero-order valence-electron chi connectivity index (χ0n) is 33.2. The van der Waals surface area contributed by atoms with Crippen LogP contribution in [0.3, 0.4) is 0 Å². The molecule has 11 heteroatoms. The molecule has 2 heterocycles. The van der Waals surface area contributed by atoms with E-state index in [0.717, 1.165) is 52.8 Å². The van der Waals surface area contributed by atoms with Gasteiger partial charge in [-0.05, 0) is 105 Å². The number of nitrogens with one attached hydrogen (secondary N) is 2. The van der Waals surface area contributed by atoms with Crippen molar-refractivity contribution >= 4 is 29.2 Å². The standard InChI is InChI=1S/C46H56N4O7/c1-46(2,3)57-44(54)40-17-10-24-50(40)29-37-27-41(33-22-20-31(30-51)21-23-33)56-45(55-37)36-14-9-13-35(26-36)34-12-8-11-32(25-34)28-48-42(52)18-6-7-19-43(53)49-39-16-5-4-15-38(39)47/h4-5,8-9,11-16,20-23,25-26,37,40-41,45,51H,6-7,10,17-19,24,27-30,47H2,1-3H3,(H,48,52)(H,49,53)/t37-,40+,41+,45+/m1/s1. The number of hydrogen-bond acceptors (Lipinski definition) is 9. The predicted octanol–water partition coefficient (Wildman–Crippen LogP) is 7.59. The molecule has 4 aromatic carbocycles. The van der Waals surface area contributed by atoms with Crippen molar-refractivity contribution in [3.05, 3.63) is 119 Å². The third-order valence-corrected chi connectivity index (χ3v) is 10.3. The summed E-state index contributed by atoms with van der Waals surface area (Å²) < 4.78 is 19.1. The van der Waals surface area contributed by atoms with Crippen molar-refractivity contribution in [2.24, 2.45) is 0 Å². The molecule has 11 nitrogen and oxygen atoms in total. The highest BCUT2D eigenvalue weighted by atomic mass is 16.7. The Balaban J connectivity index is 1.08. The van der Waals surface area contributed by atoms with Crippen molar-refractivity contribution in [3.8, 4) is 11.1 Å². The number of carbonyl (C=O) groups excluding carboxylic acids is 3. The average molecular weight is 777 g/mol. The summed E-state index contributed by atoms with van der Waals surface area (Å²) >= 11 is 0. The van der Waals surface area contributed by atoms with Crippen LogP contribution in [0.5, 0.6) is 0 Å². The van der Waals surface area contributed by atoms with Gasteiger partial charge in [-0.25, -0.2) is 0 Å². The molecule has 6 rings (SSSR count). The van der Waals surface area contributed by atoms with Crippen molar-refractivity contribution in [1.29, 1.82) is 0 Å². The number of unbranched alkanes of at least 4 members (excludes halogenated alkanes) is 1. The number of likely N-dealkylation sites (tertiary alicyclic amines) is 1. The Morgan fingerprint density at radius 2 is 1.56 bits per heavy atom. The molecule has 2 amide bonds. The van der Waals surface area contributed by atoms with E-state index in [1.54, 1.807) is 12.1 Å². The summed E-state index contributed by atoms with van der Waals surface area (Å²) in [5.74, 6) is -0.385. The van der Waals surface area contributed by atoms with Gasteiger partial charge < -0.3 is 35.7 Å². The maximum absolute atomic E-state index is 13.2. The number of aliphatic hydroxyl groups is 1. The first-order chi connectivity index (χ1) is 27.4. The van der Waals surface area contributed by atoms with E-state index in [4.69, 9.17) is 19.9 Å². The molecule has 302 valence electrons. The van der Waals surface area contributed by atoms with Gasteiger partial charge in [-0.2, -0.15) is 0 Å². The van der Waals surface area contributed by atoms with Gasteiger partial charge in [0.1, 0.15) is 11.6 Å². The summed E-state index contributed by atoms with van der Waals surface area (Å²) in [6.07, 6.45) is 2.99. The molecule has 0 bridgehead atoms. The van der Waals surface area contributed by atoms with E-state index in [2.05, 4.69) is 27.7 Å². The average Bonchev–Trinajstić information content (AvgIpc) is 3.67. The van der Waals surface area contributed by atoms with Crippen LogP contribution < -0.4 is 16.4 Å². The molecule has 2 saturated heterocycles. The fraction of sp³-hybridized carbons (Fsp3) is 0.413. The molecule has 57 heavy (non-hydrogen) atoms. The second-order valence-corrected chi connectivity index (χ2v) is 16.0.